The van der Waals surface area contributed by atoms with Crippen molar-refractivity contribution in [3.05, 3.63) is 0 Å². The lowest BCUT2D eigenvalue weighted by atomic mass is 10.1. The van der Waals surface area contributed by atoms with E-state index in [0.29, 0.717) is 32.4 Å². The highest BCUT2D eigenvalue weighted by Gasteiger charge is 2.19. The van der Waals surface area contributed by atoms with Crippen LogP contribution < -0.4 is 0 Å². The molecule has 1 amide bonds. The first-order valence-electron chi connectivity index (χ1n) is 5.22. The maximum atomic E-state index is 11.7. The fraction of sp³-hybridized carbons (Fsp3) is 0.800. The Morgan fingerprint density at radius 2 is 2.00 bits per heavy atom. The zero-order valence-corrected chi connectivity index (χ0v) is 10.5. The smallest absolute Gasteiger partial charge is 0.223 e. The summed E-state index contributed by atoms with van der Waals surface area (Å²) in [6.07, 6.45) is 1.66. The van der Waals surface area contributed by atoms with Gasteiger partial charge in [-0.1, -0.05) is 0 Å². The van der Waals surface area contributed by atoms with Gasteiger partial charge >= 0.3 is 0 Å². The minimum Gasteiger partial charge on any atom is -0.342 e. The molecule has 15 heavy (non-hydrogen) atoms. The average Bonchev–Trinajstić information content (AvgIpc) is 2.25. The van der Waals surface area contributed by atoms with E-state index in [4.69, 9.17) is 0 Å². The van der Waals surface area contributed by atoms with Crippen molar-refractivity contribution in [2.75, 3.05) is 30.3 Å². The molecular weight excluding hydrogens is 230 g/mol. The monoisotopic (exact) mass is 247 g/mol. The predicted molar refractivity (Wildman–Crippen MR) is 66.6 cm³/mol. The van der Waals surface area contributed by atoms with Crippen molar-refractivity contribution in [2.45, 2.75) is 19.3 Å². The van der Waals surface area contributed by atoms with Gasteiger partial charge in [0, 0.05) is 43.9 Å². The number of Topliss-reactive ketones (excluding diaryl/α,β-unsaturated/α-hetero) is 1. The molecule has 0 aliphatic carbocycles. The molecule has 0 unspecified atom stereocenters. The highest BCUT2D eigenvalue weighted by molar-refractivity contribution is 8.00. The molecule has 1 rings (SSSR count). The molecule has 3 nitrogen and oxygen atoms in total. The van der Waals surface area contributed by atoms with Crippen molar-refractivity contribution in [3.63, 3.8) is 0 Å². The van der Waals surface area contributed by atoms with Crippen LogP contribution in [-0.2, 0) is 9.59 Å². The van der Waals surface area contributed by atoms with Gasteiger partial charge in [0.25, 0.3) is 0 Å². The van der Waals surface area contributed by atoms with Crippen LogP contribution in [0.3, 0.4) is 0 Å². The lowest BCUT2D eigenvalue weighted by molar-refractivity contribution is -0.134. The van der Waals surface area contributed by atoms with E-state index in [1.165, 1.54) is 0 Å². The fourth-order valence-electron chi connectivity index (χ4n) is 1.49. The Bertz CT molecular complexity index is 223. The van der Waals surface area contributed by atoms with Crippen LogP contribution in [0.2, 0.25) is 0 Å². The van der Waals surface area contributed by atoms with Crippen LogP contribution >= 0.6 is 24.4 Å². The van der Waals surface area contributed by atoms with E-state index in [9.17, 15) is 9.59 Å². The molecule has 86 valence electrons. The van der Waals surface area contributed by atoms with Gasteiger partial charge in [0.1, 0.15) is 5.78 Å². The number of carbonyl (C=O) groups excluding carboxylic acids is 2. The van der Waals surface area contributed by atoms with E-state index in [0.717, 1.165) is 17.3 Å². The van der Waals surface area contributed by atoms with Crippen LogP contribution in [0.15, 0.2) is 0 Å². The van der Waals surface area contributed by atoms with E-state index in [1.807, 2.05) is 4.90 Å². The number of ketones is 1. The number of nitrogens with zero attached hydrogens (tertiary/aromatic N) is 1. The Hall–Kier alpha value is -0.160. The van der Waals surface area contributed by atoms with Crippen LogP contribution in [0.5, 0.6) is 0 Å². The molecule has 0 aromatic rings. The van der Waals surface area contributed by atoms with E-state index < -0.39 is 0 Å². The van der Waals surface area contributed by atoms with Gasteiger partial charge in [0.05, 0.1) is 0 Å². The molecule has 0 bridgehead atoms. The van der Waals surface area contributed by atoms with Crippen LogP contribution in [0.1, 0.15) is 19.3 Å². The van der Waals surface area contributed by atoms with Crippen molar-refractivity contribution < 1.29 is 9.59 Å². The summed E-state index contributed by atoms with van der Waals surface area (Å²) in [7, 11) is 0. The molecule has 0 saturated carbocycles. The van der Waals surface area contributed by atoms with E-state index in [1.54, 1.807) is 11.8 Å². The van der Waals surface area contributed by atoms with Crippen molar-refractivity contribution in [3.8, 4) is 0 Å². The van der Waals surface area contributed by atoms with Gasteiger partial charge < -0.3 is 4.90 Å². The van der Waals surface area contributed by atoms with E-state index in [-0.39, 0.29) is 11.7 Å². The van der Waals surface area contributed by atoms with Gasteiger partial charge in [-0.15, -0.1) is 0 Å². The fourth-order valence-corrected chi connectivity index (χ4v) is 2.53. The second kappa shape index (κ2) is 7.17. The number of carbonyl (C=O) groups is 2. The maximum absolute atomic E-state index is 11.7. The standard InChI is InChI=1S/C10H17NO2S2/c12-9-1-4-11(5-2-9)10(13)3-7-15-8-6-14/h14H,1-8H2. The largest absolute Gasteiger partial charge is 0.342 e. The summed E-state index contributed by atoms with van der Waals surface area (Å²) in [5, 5.41) is 0. The predicted octanol–water partition coefficient (Wildman–Crippen LogP) is 1.23. The first kappa shape index (κ1) is 12.9. The maximum Gasteiger partial charge on any atom is 0.223 e. The summed E-state index contributed by atoms with van der Waals surface area (Å²) in [6, 6.07) is 0. The Morgan fingerprint density at radius 1 is 1.33 bits per heavy atom. The number of piperidine rings is 1. The molecule has 0 spiro atoms. The Kier molecular flexibility index (Phi) is 6.17. The number of amides is 1. The Balaban J connectivity index is 2.14. The minimum atomic E-state index is 0.189. The average molecular weight is 247 g/mol. The molecule has 1 saturated heterocycles. The number of hydrogen-bond donors (Lipinski definition) is 1. The van der Waals surface area contributed by atoms with Gasteiger partial charge in [0.15, 0.2) is 0 Å². The molecule has 5 heteroatoms. The molecule has 0 atom stereocenters. The zero-order chi connectivity index (χ0) is 11.1. The highest BCUT2D eigenvalue weighted by atomic mass is 32.2. The normalized spacial score (nSPS) is 16.9. The minimum absolute atomic E-state index is 0.189. The van der Waals surface area contributed by atoms with Crippen LogP contribution in [0, 0.1) is 0 Å². The summed E-state index contributed by atoms with van der Waals surface area (Å²) in [5.74, 6) is 3.19. The number of thiol groups is 1. The first-order chi connectivity index (χ1) is 7.24. The zero-order valence-electron chi connectivity index (χ0n) is 8.78. The second-order valence-electron chi connectivity index (χ2n) is 3.51. The van der Waals surface area contributed by atoms with Gasteiger partial charge in [-0.2, -0.15) is 24.4 Å². The Labute approximate surface area is 100 Å². The van der Waals surface area contributed by atoms with Crippen LogP contribution in [0.4, 0.5) is 0 Å². The third-order valence-electron chi connectivity index (χ3n) is 2.37. The van der Waals surface area contributed by atoms with Crippen LogP contribution in [0.25, 0.3) is 0 Å². The summed E-state index contributed by atoms with van der Waals surface area (Å²) in [5.41, 5.74) is 0. The molecule has 1 heterocycles. The number of likely N-dealkylation sites (tertiary alicyclic amines) is 1. The topological polar surface area (TPSA) is 37.4 Å². The van der Waals surface area contributed by atoms with Crippen molar-refractivity contribution >= 4 is 36.1 Å². The first-order valence-corrected chi connectivity index (χ1v) is 7.01. The molecule has 0 radical (unpaired) electrons. The molecule has 0 N–H and O–H groups in total. The van der Waals surface area contributed by atoms with Gasteiger partial charge in [0.2, 0.25) is 5.91 Å². The van der Waals surface area contributed by atoms with E-state index in [2.05, 4.69) is 12.6 Å². The third kappa shape index (κ3) is 4.93. The van der Waals surface area contributed by atoms with Gasteiger partial charge in [-0.3, -0.25) is 9.59 Å². The Morgan fingerprint density at radius 3 is 2.60 bits per heavy atom. The van der Waals surface area contributed by atoms with Crippen LogP contribution in [-0.4, -0.2) is 46.9 Å². The number of hydrogen-bond acceptors (Lipinski definition) is 4. The van der Waals surface area contributed by atoms with Crippen molar-refractivity contribution in [1.82, 2.24) is 4.90 Å². The summed E-state index contributed by atoms with van der Waals surface area (Å²) in [6.45, 7) is 1.24. The lowest BCUT2D eigenvalue weighted by Crippen LogP contribution is -2.38. The number of rotatable bonds is 5. The molecule has 1 aliphatic heterocycles. The lowest BCUT2D eigenvalue weighted by Gasteiger charge is -2.25. The van der Waals surface area contributed by atoms with Crippen molar-refractivity contribution in [2.24, 2.45) is 0 Å². The molecule has 1 fully saturated rings. The molecule has 0 aromatic heterocycles. The summed E-state index contributed by atoms with van der Waals surface area (Å²) < 4.78 is 0. The van der Waals surface area contributed by atoms with Crippen molar-refractivity contribution in [1.29, 1.82) is 0 Å². The van der Waals surface area contributed by atoms with E-state index >= 15 is 0 Å². The quantitative estimate of drug-likeness (QED) is 0.586. The third-order valence-corrected chi connectivity index (χ3v) is 3.88. The summed E-state index contributed by atoms with van der Waals surface area (Å²) >= 11 is 5.86. The van der Waals surface area contributed by atoms with Gasteiger partial charge in [-0.05, 0) is 5.75 Å². The summed E-state index contributed by atoms with van der Waals surface area (Å²) in [4.78, 5) is 24.4. The molecule has 1 aliphatic rings. The molecular formula is C10H17NO2S2. The van der Waals surface area contributed by atoms with Gasteiger partial charge in [-0.25, -0.2) is 0 Å². The SMILES string of the molecule is O=C1CCN(C(=O)CCSCCS)CC1. The second-order valence-corrected chi connectivity index (χ2v) is 5.18. The number of thioether (sulfide) groups is 1. The highest BCUT2D eigenvalue weighted by Crippen LogP contribution is 2.10. The molecule has 0 aromatic carbocycles.